The second kappa shape index (κ2) is 8.52. The van der Waals surface area contributed by atoms with Crippen LogP contribution in [0.2, 0.25) is 19.6 Å². The summed E-state index contributed by atoms with van der Waals surface area (Å²) in [6, 6.07) is 33.1. The molecule has 0 amide bonds. The third-order valence-corrected chi connectivity index (χ3v) is 10.6. The summed E-state index contributed by atoms with van der Waals surface area (Å²) in [6.45, 7) is 9.16. The summed E-state index contributed by atoms with van der Waals surface area (Å²) >= 11 is 0. The van der Waals surface area contributed by atoms with Crippen LogP contribution in [0.5, 0.6) is 0 Å². The SMILES string of the molecule is CCC(O[Si](C)(C)C)[P+](c1ccccc1)(c1ccccc1)c1ccccc1. The fourth-order valence-corrected chi connectivity index (χ4v) is 10.7. The molecule has 0 aliphatic rings. The second-order valence-corrected chi connectivity index (χ2v) is 15.9. The van der Waals surface area contributed by atoms with Gasteiger partial charge < -0.3 is 4.43 Å². The fraction of sp³-hybridized carbons (Fsp3) is 0.250. The molecular weight excluding hydrogens is 363 g/mol. The van der Waals surface area contributed by atoms with E-state index in [-0.39, 0.29) is 5.85 Å². The van der Waals surface area contributed by atoms with Gasteiger partial charge in [0.05, 0.1) is 0 Å². The summed E-state index contributed by atoms with van der Waals surface area (Å²) in [5.41, 5.74) is 0. The molecule has 0 radical (unpaired) electrons. The normalized spacial score (nSPS) is 13.3. The molecule has 0 heterocycles. The van der Waals surface area contributed by atoms with E-state index in [0.29, 0.717) is 0 Å². The van der Waals surface area contributed by atoms with E-state index >= 15 is 0 Å². The van der Waals surface area contributed by atoms with E-state index in [1.165, 1.54) is 15.9 Å². The van der Waals surface area contributed by atoms with Gasteiger partial charge in [0, 0.05) is 6.42 Å². The molecule has 0 spiro atoms. The van der Waals surface area contributed by atoms with Crippen molar-refractivity contribution in [3.05, 3.63) is 91.0 Å². The molecule has 3 heteroatoms. The summed E-state index contributed by atoms with van der Waals surface area (Å²) in [7, 11) is -3.67. The molecule has 1 atom stereocenters. The van der Waals surface area contributed by atoms with Crippen molar-refractivity contribution in [3.8, 4) is 0 Å². The van der Waals surface area contributed by atoms with Gasteiger partial charge in [-0.15, -0.1) is 0 Å². The molecule has 0 bridgehead atoms. The van der Waals surface area contributed by atoms with Gasteiger partial charge in [-0.1, -0.05) is 61.5 Å². The molecule has 0 aromatic heterocycles. The highest BCUT2D eigenvalue weighted by Gasteiger charge is 2.53. The van der Waals surface area contributed by atoms with Crippen molar-refractivity contribution in [2.75, 3.05) is 0 Å². The van der Waals surface area contributed by atoms with Crippen LogP contribution in [0.15, 0.2) is 91.0 Å². The quantitative estimate of drug-likeness (QED) is 0.377. The smallest absolute Gasteiger partial charge is 0.188 e. The number of rotatable bonds is 7. The van der Waals surface area contributed by atoms with Crippen LogP contribution in [0.3, 0.4) is 0 Å². The minimum atomic E-state index is -1.95. The van der Waals surface area contributed by atoms with Gasteiger partial charge in [-0.2, -0.15) is 0 Å². The molecule has 0 N–H and O–H groups in total. The molecule has 140 valence electrons. The maximum Gasteiger partial charge on any atom is 0.188 e. The van der Waals surface area contributed by atoms with Crippen molar-refractivity contribution < 1.29 is 4.43 Å². The molecular formula is C24H30OPSi+. The lowest BCUT2D eigenvalue weighted by molar-refractivity contribution is 0.271. The molecule has 3 aromatic rings. The first-order valence-electron chi connectivity index (χ1n) is 9.72. The average Bonchev–Trinajstić information content (AvgIpc) is 2.69. The maximum atomic E-state index is 6.90. The van der Waals surface area contributed by atoms with Crippen molar-refractivity contribution in [3.63, 3.8) is 0 Å². The molecule has 27 heavy (non-hydrogen) atoms. The van der Waals surface area contributed by atoms with Crippen LogP contribution in [-0.2, 0) is 4.43 Å². The lowest BCUT2D eigenvalue weighted by Gasteiger charge is -2.37. The topological polar surface area (TPSA) is 9.23 Å². The van der Waals surface area contributed by atoms with Gasteiger partial charge in [0.2, 0.25) is 0 Å². The van der Waals surface area contributed by atoms with Crippen LogP contribution in [0, 0.1) is 0 Å². The van der Waals surface area contributed by atoms with Gasteiger partial charge in [-0.05, 0) is 56.0 Å². The Morgan fingerprint density at radius 2 is 1.00 bits per heavy atom. The standard InChI is InChI=1S/C24H30OPSi/c1-5-24(25-27(2,3)4)26(21-15-9-6-10-16-21,22-17-11-7-12-18-22)23-19-13-8-14-20-23/h6-20,24H,5H2,1-4H3/q+1. The van der Waals surface area contributed by atoms with Gasteiger partial charge in [0.15, 0.2) is 14.2 Å². The Morgan fingerprint density at radius 1 is 0.667 bits per heavy atom. The van der Waals surface area contributed by atoms with Gasteiger partial charge in [0.1, 0.15) is 23.2 Å². The van der Waals surface area contributed by atoms with Crippen molar-refractivity contribution >= 4 is 31.5 Å². The zero-order valence-corrected chi connectivity index (χ0v) is 18.7. The van der Waals surface area contributed by atoms with E-state index in [4.69, 9.17) is 4.43 Å². The first kappa shape index (κ1) is 20.0. The zero-order chi connectivity index (χ0) is 19.3. The second-order valence-electron chi connectivity index (χ2n) is 7.82. The van der Waals surface area contributed by atoms with Crippen LogP contribution in [-0.4, -0.2) is 14.2 Å². The highest BCUT2D eigenvalue weighted by Crippen LogP contribution is 2.61. The first-order chi connectivity index (χ1) is 13.0. The van der Waals surface area contributed by atoms with E-state index in [1.54, 1.807) is 0 Å². The molecule has 0 fully saturated rings. The minimum Gasteiger partial charge on any atom is -0.384 e. The fourth-order valence-electron chi connectivity index (χ4n) is 3.78. The molecule has 0 saturated heterocycles. The van der Waals surface area contributed by atoms with Crippen molar-refractivity contribution in [1.82, 2.24) is 0 Å². The average molecular weight is 394 g/mol. The van der Waals surface area contributed by atoms with E-state index in [9.17, 15) is 0 Å². The summed E-state index contributed by atoms with van der Waals surface area (Å²) in [5.74, 6) is 0.177. The molecule has 0 aliphatic heterocycles. The Kier molecular flexibility index (Phi) is 6.32. The Labute approximate surface area is 165 Å². The number of hydrogen-bond donors (Lipinski definition) is 0. The number of hydrogen-bond acceptors (Lipinski definition) is 1. The van der Waals surface area contributed by atoms with Crippen LogP contribution in [0.25, 0.3) is 0 Å². The lowest BCUT2D eigenvalue weighted by Crippen LogP contribution is -2.44. The maximum absolute atomic E-state index is 6.90. The van der Waals surface area contributed by atoms with Crippen molar-refractivity contribution in [2.24, 2.45) is 0 Å². The lowest BCUT2D eigenvalue weighted by atomic mass is 10.3. The summed E-state index contributed by atoms with van der Waals surface area (Å²) < 4.78 is 6.90. The Bertz CT molecular complexity index is 732. The third kappa shape index (κ3) is 4.24. The minimum absolute atomic E-state index is 0.177. The van der Waals surface area contributed by atoms with E-state index < -0.39 is 15.6 Å². The molecule has 3 rings (SSSR count). The molecule has 3 aromatic carbocycles. The van der Waals surface area contributed by atoms with E-state index in [0.717, 1.165) is 6.42 Å². The highest BCUT2D eigenvalue weighted by molar-refractivity contribution is 7.96. The molecule has 0 saturated carbocycles. The zero-order valence-electron chi connectivity index (χ0n) is 16.8. The van der Waals surface area contributed by atoms with Gasteiger partial charge in [-0.25, -0.2) is 0 Å². The molecule has 1 nitrogen and oxygen atoms in total. The van der Waals surface area contributed by atoms with E-state index in [2.05, 4.69) is 118 Å². The van der Waals surface area contributed by atoms with Crippen molar-refractivity contribution in [1.29, 1.82) is 0 Å². The van der Waals surface area contributed by atoms with Gasteiger partial charge >= 0.3 is 0 Å². The van der Waals surface area contributed by atoms with Gasteiger partial charge in [-0.3, -0.25) is 0 Å². The Hall–Kier alpha value is -1.73. The first-order valence-corrected chi connectivity index (χ1v) is 15.0. The van der Waals surface area contributed by atoms with Gasteiger partial charge in [0.25, 0.3) is 0 Å². The molecule has 1 unspecified atom stereocenters. The van der Waals surface area contributed by atoms with Crippen LogP contribution < -0.4 is 15.9 Å². The molecule has 0 aliphatic carbocycles. The third-order valence-electron chi connectivity index (χ3n) is 4.76. The predicted octanol–water partition coefficient (Wildman–Crippen LogP) is 5.57. The van der Waals surface area contributed by atoms with Crippen LogP contribution in [0.4, 0.5) is 0 Å². The van der Waals surface area contributed by atoms with Crippen LogP contribution >= 0.6 is 7.26 Å². The largest absolute Gasteiger partial charge is 0.384 e. The van der Waals surface area contributed by atoms with Crippen molar-refractivity contribution in [2.45, 2.75) is 38.8 Å². The Balaban J connectivity index is 2.35. The highest BCUT2D eigenvalue weighted by atomic mass is 31.2. The summed E-state index contributed by atoms with van der Waals surface area (Å²) in [5, 5.41) is 4.19. The number of benzene rings is 3. The monoisotopic (exact) mass is 393 g/mol. The summed E-state index contributed by atoms with van der Waals surface area (Å²) in [4.78, 5) is 0. The van der Waals surface area contributed by atoms with Crippen LogP contribution in [0.1, 0.15) is 13.3 Å². The Morgan fingerprint density at radius 3 is 1.26 bits per heavy atom. The van der Waals surface area contributed by atoms with E-state index in [1.807, 2.05) is 0 Å². The predicted molar refractivity (Wildman–Crippen MR) is 124 cm³/mol. The summed E-state index contributed by atoms with van der Waals surface area (Å²) in [6.07, 6.45) is 0.997.